The van der Waals surface area contributed by atoms with E-state index >= 15 is 0 Å². The summed E-state index contributed by atoms with van der Waals surface area (Å²) in [5, 5.41) is 0.845. The summed E-state index contributed by atoms with van der Waals surface area (Å²) in [6.45, 7) is 7.23. The summed E-state index contributed by atoms with van der Waals surface area (Å²) in [6.07, 6.45) is 0.891. The number of anilines is 2. The molecule has 27 heavy (non-hydrogen) atoms. The van der Waals surface area contributed by atoms with E-state index in [-0.39, 0.29) is 6.04 Å². The van der Waals surface area contributed by atoms with E-state index < -0.39 is 0 Å². The minimum absolute atomic E-state index is 0.174. The van der Waals surface area contributed by atoms with Crippen LogP contribution in [-0.2, 0) is 6.42 Å². The summed E-state index contributed by atoms with van der Waals surface area (Å²) in [7, 11) is 0. The molecule has 4 rings (SSSR count). The van der Waals surface area contributed by atoms with Gasteiger partial charge in [0.25, 0.3) is 0 Å². The van der Waals surface area contributed by atoms with Gasteiger partial charge in [-0.15, -0.1) is 0 Å². The molecule has 1 aromatic heterocycles. The number of benzene rings is 2. The zero-order valence-corrected chi connectivity index (χ0v) is 16.6. The molecule has 3 aromatic rings. The highest BCUT2D eigenvalue weighted by Crippen LogP contribution is 2.36. The van der Waals surface area contributed by atoms with Gasteiger partial charge in [-0.3, -0.25) is 0 Å². The van der Waals surface area contributed by atoms with Gasteiger partial charge in [0.05, 0.1) is 6.04 Å². The number of rotatable bonds is 2. The molecule has 0 aliphatic carbocycles. The fourth-order valence-corrected chi connectivity index (χ4v) is 4.13. The molecule has 0 radical (unpaired) electrons. The van der Waals surface area contributed by atoms with Crippen LogP contribution in [0.15, 0.2) is 42.5 Å². The lowest BCUT2D eigenvalue weighted by Crippen LogP contribution is -2.35. The van der Waals surface area contributed by atoms with Crippen molar-refractivity contribution in [2.24, 2.45) is 0 Å². The van der Waals surface area contributed by atoms with E-state index in [9.17, 15) is 0 Å². The summed E-state index contributed by atoms with van der Waals surface area (Å²) in [5.41, 5.74) is 12.1. The summed E-state index contributed by atoms with van der Waals surface area (Å²) in [6, 6.07) is 14.3. The van der Waals surface area contributed by atoms with Crippen molar-refractivity contribution in [3.8, 4) is 11.4 Å². The number of aryl methyl sites for hydroxylation is 1. The van der Waals surface area contributed by atoms with Gasteiger partial charge >= 0.3 is 0 Å². The molecule has 0 saturated carbocycles. The molecule has 1 unspecified atom stereocenters. The Morgan fingerprint density at radius 3 is 2.70 bits per heavy atom. The van der Waals surface area contributed by atoms with Gasteiger partial charge in [-0.1, -0.05) is 41.9 Å². The number of nitrogens with two attached hydrogens (primary N) is 1. The zero-order chi connectivity index (χ0) is 19.1. The Labute approximate surface area is 165 Å². The number of aromatic nitrogens is 2. The quantitative estimate of drug-likeness (QED) is 0.672. The van der Waals surface area contributed by atoms with Crippen molar-refractivity contribution >= 4 is 23.2 Å². The van der Waals surface area contributed by atoms with Gasteiger partial charge in [-0.25, -0.2) is 9.97 Å². The van der Waals surface area contributed by atoms with Gasteiger partial charge in [0.15, 0.2) is 5.82 Å². The zero-order valence-electron chi connectivity index (χ0n) is 15.8. The van der Waals surface area contributed by atoms with Crippen molar-refractivity contribution < 1.29 is 0 Å². The number of hydrogen-bond donors (Lipinski definition) is 1. The van der Waals surface area contributed by atoms with Crippen LogP contribution in [-0.4, -0.2) is 16.5 Å². The highest BCUT2D eigenvalue weighted by Gasteiger charge is 2.27. The SMILES string of the molecule is Cc1cccc(-c2nc(N)cc(N3CCc4c(Cl)cccc4C3C)n2)c1C. The Morgan fingerprint density at radius 2 is 1.89 bits per heavy atom. The number of nitrogen functional groups attached to an aromatic ring is 1. The van der Waals surface area contributed by atoms with Crippen LogP contribution in [0.5, 0.6) is 0 Å². The topological polar surface area (TPSA) is 55.0 Å². The first-order chi connectivity index (χ1) is 13.0. The van der Waals surface area contributed by atoms with E-state index in [2.05, 4.69) is 48.9 Å². The average Bonchev–Trinajstić information content (AvgIpc) is 2.64. The second kappa shape index (κ2) is 6.86. The molecule has 4 nitrogen and oxygen atoms in total. The van der Waals surface area contributed by atoms with E-state index in [0.29, 0.717) is 11.6 Å². The Bertz CT molecular complexity index is 1020. The first-order valence-corrected chi connectivity index (χ1v) is 9.58. The maximum atomic E-state index is 6.40. The molecule has 1 aliphatic rings. The van der Waals surface area contributed by atoms with Crippen molar-refractivity contribution in [3.63, 3.8) is 0 Å². The molecule has 0 spiro atoms. The molecular formula is C22H23ClN4. The second-order valence-corrected chi connectivity index (χ2v) is 7.56. The predicted octanol–water partition coefficient (Wildman–Crippen LogP) is 5.12. The monoisotopic (exact) mass is 378 g/mol. The third-order valence-electron chi connectivity index (χ3n) is 5.55. The van der Waals surface area contributed by atoms with Crippen LogP contribution in [0.2, 0.25) is 5.02 Å². The van der Waals surface area contributed by atoms with Gasteiger partial charge in [0, 0.05) is 23.2 Å². The number of halogens is 1. The van der Waals surface area contributed by atoms with Gasteiger partial charge in [0.2, 0.25) is 0 Å². The third kappa shape index (κ3) is 3.15. The molecule has 0 fully saturated rings. The lowest BCUT2D eigenvalue weighted by Gasteiger charge is -2.36. The molecule has 2 aromatic carbocycles. The van der Waals surface area contributed by atoms with E-state index in [1.54, 1.807) is 0 Å². The highest BCUT2D eigenvalue weighted by molar-refractivity contribution is 6.31. The summed E-state index contributed by atoms with van der Waals surface area (Å²) < 4.78 is 0. The summed E-state index contributed by atoms with van der Waals surface area (Å²) in [4.78, 5) is 11.7. The van der Waals surface area contributed by atoms with E-state index in [4.69, 9.17) is 22.3 Å². The Kier molecular flexibility index (Phi) is 4.52. The van der Waals surface area contributed by atoms with Crippen LogP contribution in [0.4, 0.5) is 11.6 Å². The second-order valence-electron chi connectivity index (χ2n) is 7.15. The number of hydrogen-bond acceptors (Lipinski definition) is 4. The maximum absolute atomic E-state index is 6.40. The maximum Gasteiger partial charge on any atom is 0.164 e. The van der Waals surface area contributed by atoms with Crippen LogP contribution in [0.25, 0.3) is 11.4 Å². The first-order valence-electron chi connectivity index (χ1n) is 9.21. The molecule has 0 amide bonds. The fraction of sp³-hybridized carbons (Fsp3) is 0.273. The number of fused-ring (bicyclic) bond motifs is 1. The highest BCUT2D eigenvalue weighted by atomic mass is 35.5. The lowest BCUT2D eigenvalue weighted by molar-refractivity contribution is 0.617. The predicted molar refractivity (Wildman–Crippen MR) is 112 cm³/mol. The Hall–Kier alpha value is -2.59. The van der Waals surface area contributed by atoms with Crippen LogP contribution >= 0.6 is 11.6 Å². The minimum atomic E-state index is 0.174. The van der Waals surface area contributed by atoms with Crippen molar-refractivity contribution in [2.45, 2.75) is 33.2 Å². The van der Waals surface area contributed by atoms with Crippen molar-refractivity contribution in [1.82, 2.24) is 9.97 Å². The van der Waals surface area contributed by atoms with Crippen LogP contribution < -0.4 is 10.6 Å². The summed E-state index contributed by atoms with van der Waals surface area (Å²) >= 11 is 6.40. The molecule has 1 aliphatic heterocycles. The molecular weight excluding hydrogens is 356 g/mol. The molecule has 138 valence electrons. The minimum Gasteiger partial charge on any atom is -0.384 e. The van der Waals surface area contributed by atoms with E-state index in [0.717, 1.165) is 29.4 Å². The standard InChI is InChI=1S/C22H23ClN4/c1-13-6-4-7-16(14(13)2)22-25-20(24)12-21(26-22)27-11-10-18-17(15(27)3)8-5-9-19(18)23/h4-9,12,15H,10-11H2,1-3H3,(H2,24,25,26). The van der Waals surface area contributed by atoms with Crippen LogP contribution in [0, 0.1) is 13.8 Å². The number of nitrogens with zero attached hydrogens (tertiary/aromatic N) is 3. The van der Waals surface area contributed by atoms with Crippen molar-refractivity contribution in [2.75, 3.05) is 17.2 Å². The fourth-order valence-electron chi connectivity index (χ4n) is 3.85. The molecule has 0 saturated heterocycles. The van der Waals surface area contributed by atoms with E-state index in [1.807, 2.05) is 24.3 Å². The van der Waals surface area contributed by atoms with Crippen LogP contribution in [0.3, 0.4) is 0 Å². The lowest BCUT2D eigenvalue weighted by atomic mass is 9.93. The van der Waals surface area contributed by atoms with Crippen molar-refractivity contribution in [3.05, 3.63) is 69.7 Å². The molecule has 0 bridgehead atoms. The summed E-state index contributed by atoms with van der Waals surface area (Å²) in [5.74, 6) is 2.02. The van der Waals surface area contributed by atoms with Gasteiger partial charge in [0.1, 0.15) is 11.6 Å². The van der Waals surface area contributed by atoms with Crippen LogP contribution in [0.1, 0.15) is 35.2 Å². The Morgan fingerprint density at radius 1 is 1.11 bits per heavy atom. The molecule has 1 atom stereocenters. The molecule has 2 N–H and O–H groups in total. The third-order valence-corrected chi connectivity index (χ3v) is 5.90. The largest absolute Gasteiger partial charge is 0.384 e. The molecule has 2 heterocycles. The smallest absolute Gasteiger partial charge is 0.164 e. The van der Waals surface area contributed by atoms with Gasteiger partial charge in [-0.05, 0) is 55.5 Å². The molecule has 5 heteroatoms. The normalized spacial score (nSPS) is 16.3. The van der Waals surface area contributed by atoms with Crippen molar-refractivity contribution in [1.29, 1.82) is 0 Å². The van der Waals surface area contributed by atoms with E-state index in [1.165, 1.54) is 22.3 Å². The van der Waals surface area contributed by atoms with Gasteiger partial charge < -0.3 is 10.6 Å². The van der Waals surface area contributed by atoms with Gasteiger partial charge in [-0.2, -0.15) is 0 Å². The Balaban J connectivity index is 1.77. The first kappa shape index (κ1) is 17.8. The average molecular weight is 379 g/mol.